The first-order valence-corrected chi connectivity index (χ1v) is 13.1. The van der Waals surface area contributed by atoms with Crippen LogP contribution < -0.4 is 5.32 Å². The summed E-state index contributed by atoms with van der Waals surface area (Å²) >= 11 is 0. The summed E-state index contributed by atoms with van der Waals surface area (Å²) < 4.78 is 27.9. The Morgan fingerprint density at radius 3 is 2.44 bits per heavy atom. The number of rotatable bonds is 7. The van der Waals surface area contributed by atoms with Crippen molar-refractivity contribution < 1.29 is 13.2 Å². The molecule has 0 aromatic heterocycles. The number of piperidine rings is 1. The van der Waals surface area contributed by atoms with E-state index in [9.17, 15) is 13.2 Å². The van der Waals surface area contributed by atoms with Crippen molar-refractivity contribution in [2.45, 2.75) is 56.0 Å². The van der Waals surface area contributed by atoms with Crippen LogP contribution in [-0.4, -0.2) is 55.8 Å². The van der Waals surface area contributed by atoms with E-state index in [1.165, 1.54) is 24.5 Å². The third-order valence-corrected chi connectivity index (χ3v) is 8.68. The minimum absolute atomic E-state index is 0.0154. The second-order valence-electron chi connectivity index (χ2n) is 8.87. The second kappa shape index (κ2) is 10.1. The molecule has 2 aromatic carbocycles. The summed E-state index contributed by atoms with van der Waals surface area (Å²) in [5, 5.41) is 3.05. The number of carbonyl (C=O) groups is 1. The average Bonchev–Trinajstić information content (AvgIpc) is 3.35. The number of nitrogens with one attached hydrogen (secondary N) is 1. The lowest BCUT2D eigenvalue weighted by Gasteiger charge is -2.32. The monoisotopic (exact) mass is 455 g/mol. The molecule has 2 unspecified atom stereocenters. The molecule has 4 rings (SSSR count). The number of nitrogens with zero attached hydrogens (tertiary/aromatic N) is 2. The van der Waals surface area contributed by atoms with Crippen LogP contribution >= 0.6 is 0 Å². The van der Waals surface area contributed by atoms with Crippen LogP contribution in [0.1, 0.15) is 61.0 Å². The van der Waals surface area contributed by atoms with E-state index in [1.807, 2.05) is 25.1 Å². The van der Waals surface area contributed by atoms with E-state index in [0.29, 0.717) is 18.7 Å². The Bertz CT molecular complexity index is 1020. The average molecular weight is 456 g/mol. The van der Waals surface area contributed by atoms with Crippen LogP contribution in [0.2, 0.25) is 0 Å². The van der Waals surface area contributed by atoms with E-state index in [2.05, 4.69) is 22.3 Å². The molecule has 32 heavy (non-hydrogen) atoms. The Labute approximate surface area is 191 Å². The summed E-state index contributed by atoms with van der Waals surface area (Å²) in [5.74, 6) is -0.242. The summed E-state index contributed by atoms with van der Waals surface area (Å²) in [4.78, 5) is 15.6. The second-order valence-corrected chi connectivity index (χ2v) is 10.8. The van der Waals surface area contributed by atoms with E-state index >= 15 is 0 Å². The van der Waals surface area contributed by atoms with Crippen molar-refractivity contribution in [2.24, 2.45) is 0 Å². The van der Waals surface area contributed by atoms with Gasteiger partial charge in [-0.1, -0.05) is 42.8 Å². The summed E-state index contributed by atoms with van der Waals surface area (Å²) in [7, 11) is -3.61. The Kier molecular flexibility index (Phi) is 7.28. The van der Waals surface area contributed by atoms with Gasteiger partial charge in [-0.2, -0.15) is 4.31 Å². The standard InChI is InChI=1S/C25H33N3O3S/c1-20-10-5-6-17-28(20)32(30,31)23-14-9-13-22(18-23)25(29)26-19-24(27-15-7-8-16-27)21-11-3-2-4-12-21/h2-4,9,11-14,18,20,24H,5-8,10,15-17,19H2,1H3,(H,26,29). The van der Waals surface area contributed by atoms with Gasteiger partial charge in [-0.15, -0.1) is 0 Å². The molecule has 6 nitrogen and oxygen atoms in total. The maximum absolute atomic E-state index is 13.2. The molecule has 2 aromatic rings. The first-order chi connectivity index (χ1) is 15.5. The first kappa shape index (κ1) is 23.0. The maximum atomic E-state index is 13.2. The predicted molar refractivity (Wildman–Crippen MR) is 126 cm³/mol. The lowest BCUT2D eigenvalue weighted by atomic mass is 10.1. The highest BCUT2D eigenvalue weighted by Crippen LogP contribution is 2.26. The van der Waals surface area contributed by atoms with Crippen molar-refractivity contribution in [3.05, 3.63) is 65.7 Å². The van der Waals surface area contributed by atoms with Gasteiger partial charge in [0.25, 0.3) is 5.91 Å². The zero-order valence-corrected chi connectivity index (χ0v) is 19.6. The molecule has 172 valence electrons. The van der Waals surface area contributed by atoms with Crippen LogP contribution in [0.15, 0.2) is 59.5 Å². The smallest absolute Gasteiger partial charge is 0.251 e. The molecule has 0 spiro atoms. The van der Waals surface area contributed by atoms with Gasteiger partial charge in [-0.25, -0.2) is 8.42 Å². The maximum Gasteiger partial charge on any atom is 0.251 e. The van der Waals surface area contributed by atoms with Gasteiger partial charge in [-0.3, -0.25) is 9.69 Å². The van der Waals surface area contributed by atoms with Crippen molar-refractivity contribution in [1.82, 2.24) is 14.5 Å². The highest BCUT2D eigenvalue weighted by atomic mass is 32.2. The Hall–Kier alpha value is -2.22. The summed E-state index contributed by atoms with van der Waals surface area (Å²) in [6.45, 7) is 5.03. The van der Waals surface area contributed by atoms with Crippen LogP contribution in [-0.2, 0) is 10.0 Å². The van der Waals surface area contributed by atoms with Crippen LogP contribution in [0.5, 0.6) is 0 Å². The number of amides is 1. The number of likely N-dealkylation sites (tertiary alicyclic amines) is 1. The van der Waals surface area contributed by atoms with Crippen LogP contribution in [0.3, 0.4) is 0 Å². The largest absolute Gasteiger partial charge is 0.350 e. The minimum Gasteiger partial charge on any atom is -0.350 e. The minimum atomic E-state index is -3.61. The van der Waals surface area contributed by atoms with Gasteiger partial charge in [0.15, 0.2) is 0 Å². The fourth-order valence-corrected chi connectivity index (χ4v) is 6.59. The fourth-order valence-electron chi connectivity index (χ4n) is 4.84. The Morgan fingerprint density at radius 2 is 1.72 bits per heavy atom. The third kappa shape index (κ3) is 5.05. The van der Waals surface area contributed by atoms with Crippen molar-refractivity contribution in [3.8, 4) is 0 Å². The number of benzene rings is 2. The number of sulfonamides is 1. The topological polar surface area (TPSA) is 69.7 Å². The molecule has 0 radical (unpaired) electrons. The zero-order valence-electron chi connectivity index (χ0n) is 18.7. The molecule has 2 aliphatic rings. The summed E-state index contributed by atoms with van der Waals surface area (Å²) in [6, 6.07) is 16.8. The lowest BCUT2D eigenvalue weighted by Crippen LogP contribution is -2.42. The molecule has 7 heteroatoms. The molecule has 0 bridgehead atoms. The summed E-state index contributed by atoms with van der Waals surface area (Å²) in [6.07, 6.45) is 5.14. The molecule has 0 saturated carbocycles. The van der Waals surface area contributed by atoms with Crippen molar-refractivity contribution in [2.75, 3.05) is 26.2 Å². The van der Waals surface area contributed by atoms with E-state index in [4.69, 9.17) is 0 Å². The van der Waals surface area contributed by atoms with Crippen molar-refractivity contribution in [1.29, 1.82) is 0 Å². The number of hydrogen-bond acceptors (Lipinski definition) is 4. The van der Waals surface area contributed by atoms with E-state index in [0.717, 1.165) is 32.4 Å². The number of carbonyl (C=O) groups excluding carboxylic acids is 1. The molecular weight excluding hydrogens is 422 g/mol. The number of hydrogen-bond donors (Lipinski definition) is 1. The molecule has 1 amide bonds. The van der Waals surface area contributed by atoms with Crippen LogP contribution in [0.25, 0.3) is 0 Å². The molecule has 2 saturated heterocycles. The fraction of sp³-hybridized carbons (Fsp3) is 0.480. The Balaban J connectivity index is 1.48. The highest BCUT2D eigenvalue weighted by molar-refractivity contribution is 7.89. The van der Waals surface area contributed by atoms with Crippen molar-refractivity contribution in [3.63, 3.8) is 0 Å². The van der Waals surface area contributed by atoms with Gasteiger partial charge in [0, 0.05) is 24.7 Å². The van der Waals surface area contributed by atoms with Gasteiger partial charge in [0.1, 0.15) is 0 Å². The molecule has 1 N–H and O–H groups in total. The van der Waals surface area contributed by atoms with Crippen LogP contribution in [0, 0.1) is 0 Å². The van der Waals surface area contributed by atoms with Crippen LogP contribution in [0.4, 0.5) is 0 Å². The van der Waals surface area contributed by atoms with Gasteiger partial charge in [0.05, 0.1) is 10.9 Å². The summed E-state index contributed by atoms with van der Waals surface area (Å²) in [5.41, 5.74) is 1.56. The van der Waals surface area contributed by atoms with Crippen molar-refractivity contribution >= 4 is 15.9 Å². The molecule has 2 aliphatic heterocycles. The van der Waals surface area contributed by atoms with E-state index in [1.54, 1.807) is 22.5 Å². The van der Waals surface area contributed by atoms with Gasteiger partial charge >= 0.3 is 0 Å². The molecule has 0 aliphatic carbocycles. The third-order valence-electron chi connectivity index (χ3n) is 6.67. The first-order valence-electron chi connectivity index (χ1n) is 11.7. The molecule has 2 heterocycles. The Morgan fingerprint density at radius 1 is 1.00 bits per heavy atom. The van der Waals surface area contributed by atoms with E-state index < -0.39 is 10.0 Å². The molecular formula is C25H33N3O3S. The molecule has 2 atom stereocenters. The SMILES string of the molecule is CC1CCCCN1S(=O)(=O)c1cccc(C(=O)NCC(c2ccccc2)N2CCCC2)c1. The molecule has 2 fully saturated rings. The predicted octanol–water partition coefficient (Wildman–Crippen LogP) is 3.82. The zero-order chi connectivity index (χ0) is 22.6. The normalized spacial score (nSPS) is 21.3. The lowest BCUT2D eigenvalue weighted by molar-refractivity contribution is 0.0937. The van der Waals surface area contributed by atoms with Gasteiger partial charge in [-0.05, 0) is 69.5 Å². The van der Waals surface area contributed by atoms with Gasteiger partial charge < -0.3 is 5.32 Å². The van der Waals surface area contributed by atoms with E-state index in [-0.39, 0.29) is 22.9 Å². The highest BCUT2D eigenvalue weighted by Gasteiger charge is 2.31. The quantitative estimate of drug-likeness (QED) is 0.689. The van der Waals surface area contributed by atoms with Gasteiger partial charge in [0.2, 0.25) is 10.0 Å².